The number of aromatic nitrogens is 3. The lowest BCUT2D eigenvalue weighted by atomic mass is 9.89. The molecule has 3 aromatic rings. The van der Waals surface area contributed by atoms with Crippen LogP contribution in [0.15, 0.2) is 29.4 Å². The Morgan fingerprint density at radius 3 is 2.85 bits per heavy atom. The number of amides is 1. The van der Waals surface area contributed by atoms with Crippen molar-refractivity contribution in [2.24, 2.45) is 5.92 Å². The van der Waals surface area contributed by atoms with Crippen LogP contribution in [0.1, 0.15) is 60.7 Å². The number of thiophene rings is 1. The first-order valence-corrected chi connectivity index (χ1v) is 13.3. The van der Waals surface area contributed by atoms with Gasteiger partial charge in [-0.1, -0.05) is 36.4 Å². The number of carbonyl (C=O) groups excluding carboxylic acids is 1. The molecule has 2 aromatic heterocycles. The summed E-state index contributed by atoms with van der Waals surface area (Å²) >= 11 is 2.88. The van der Waals surface area contributed by atoms with Gasteiger partial charge in [-0.25, -0.2) is 0 Å². The van der Waals surface area contributed by atoms with Gasteiger partial charge in [-0.15, -0.1) is 21.5 Å². The molecule has 2 atom stereocenters. The third kappa shape index (κ3) is 5.29. The number of anilines is 1. The molecule has 1 aliphatic carbocycles. The Hall–Kier alpha value is -2.83. The standard InChI is InChI=1S/C25H29N5O2S2/c1-5-30-23(17(4)32-18-9-6-15(2)7-10-18)28-29-25(30)33-14-22(31)27-24-20(13-26)19-11-8-16(3)12-21(19)34-24/h6-7,9-10,16-17H,5,8,11-12,14H2,1-4H3,(H,27,31). The van der Waals surface area contributed by atoms with E-state index < -0.39 is 0 Å². The number of hydrogen-bond acceptors (Lipinski definition) is 7. The van der Waals surface area contributed by atoms with Crippen LogP contribution in [0, 0.1) is 24.2 Å². The van der Waals surface area contributed by atoms with Crippen molar-refractivity contribution in [2.45, 2.75) is 64.8 Å². The second kappa shape index (κ2) is 10.6. The van der Waals surface area contributed by atoms with Crippen molar-refractivity contribution in [3.63, 3.8) is 0 Å². The van der Waals surface area contributed by atoms with Crippen molar-refractivity contribution in [1.29, 1.82) is 5.26 Å². The number of nitrogens with one attached hydrogen (secondary N) is 1. The molecule has 1 aromatic carbocycles. The van der Waals surface area contributed by atoms with Crippen LogP contribution in [0.3, 0.4) is 0 Å². The Morgan fingerprint density at radius 1 is 1.38 bits per heavy atom. The average Bonchev–Trinajstić information content (AvgIpc) is 3.38. The second-order valence-electron chi connectivity index (χ2n) is 8.66. The summed E-state index contributed by atoms with van der Waals surface area (Å²) in [4.78, 5) is 14.0. The number of ether oxygens (including phenoxy) is 1. The normalized spacial score (nSPS) is 15.9. The first-order chi connectivity index (χ1) is 16.4. The van der Waals surface area contributed by atoms with Gasteiger partial charge >= 0.3 is 0 Å². The molecule has 2 unspecified atom stereocenters. The van der Waals surface area contributed by atoms with Gasteiger partial charge in [0, 0.05) is 11.4 Å². The molecule has 178 valence electrons. The zero-order chi connectivity index (χ0) is 24.2. The first kappa shape index (κ1) is 24.3. The van der Waals surface area contributed by atoms with Crippen molar-refractivity contribution in [3.05, 3.63) is 51.7 Å². The van der Waals surface area contributed by atoms with Crippen molar-refractivity contribution in [3.8, 4) is 11.8 Å². The molecule has 0 bridgehead atoms. The van der Waals surface area contributed by atoms with Gasteiger partial charge in [0.15, 0.2) is 17.1 Å². The van der Waals surface area contributed by atoms with Gasteiger partial charge in [0.1, 0.15) is 16.8 Å². The first-order valence-electron chi connectivity index (χ1n) is 11.5. The Bertz CT molecular complexity index is 1210. The Labute approximate surface area is 208 Å². The molecule has 0 fully saturated rings. The number of thioether (sulfide) groups is 1. The van der Waals surface area contributed by atoms with Crippen LogP contribution in [0.25, 0.3) is 0 Å². The lowest BCUT2D eigenvalue weighted by molar-refractivity contribution is -0.113. The molecule has 0 saturated heterocycles. The number of nitrogens with zero attached hydrogens (tertiary/aromatic N) is 4. The lowest BCUT2D eigenvalue weighted by Crippen LogP contribution is -2.15. The summed E-state index contributed by atoms with van der Waals surface area (Å²) < 4.78 is 8.02. The molecule has 0 radical (unpaired) electrons. The second-order valence-corrected chi connectivity index (χ2v) is 10.7. The van der Waals surface area contributed by atoms with E-state index in [2.05, 4.69) is 28.5 Å². The van der Waals surface area contributed by atoms with Crippen LogP contribution >= 0.6 is 23.1 Å². The van der Waals surface area contributed by atoms with Crippen LogP contribution in [-0.4, -0.2) is 26.4 Å². The fourth-order valence-electron chi connectivity index (χ4n) is 4.13. The van der Waals surface area contributed by atoms with Crippen LogP contribution in [-0.2, 0) is 24.2 Å². The molecule has 1 aliphatic rings. The van der Waals surface area contributed by atoms with Gasteiger partial charge in [-0.3, -0.25) is 4.79 Å². The number of rotatable bonds is 8. The molecule has 1 amide bonds. The molecular formula is C25H29N5O2S2. The monoisotopic (exact) mass is 495 g/mol. The van der Waals surface area contributed by atoms with Crippen LogP contribution in [0.4, 0.5) is 5.00 Å². The topological polar surface area (TPSA) is 92.8 Å². The maximum Gasteiger partial charge on any atom is 0.235 e. The number of carbonyl (C=O) groups is 1. The molecular weight excluding hydrogens is 466 g/mol. The van der Waals surface area contributed by atoms with Crippen molar-refractivity contribution in [2.75, 3.05) is 11.1 Å². The highest BCUT2D eigenvalue weighted by Crippen LogP contribution is 2.39. The molecule has 9 heteroatoms. The third-order valence-corrected chi connectivity index (χ3v) is 8.10. The zero-order valence-corrected chi connectivity index (χ0v) is 21.6. The largest absolute Gasteiger partial charge is 0.483 e. The minimum Gasteiger partial charge on any atom is -0.483 e. The molecule has 0 saturated carbocycles. The number of fused-ring (bicyclic) bond motifs is 1. The van der Waals surface area contributed by atoms with E-state index in [-0.39, 0.29) is 17.8 Å². The fraction of sp³-hybridized carbons (Fsp3) is 0.440. The summed E-state index contributed by atoms with van der Waals surface area (Å²) in [6.45, 7) is 8.90. The van der Waals surface area contributed by atoms with Crippen molar-refractivity contribution in [1.82, 2.24) is 14.8 Å². The highest BCUT2D eigenvalue weighted by Gasteiger charge is 2.25. The van der Waals surface area contributed by atoms with E-state index in [4.69, 9.17) is 4.74 Å². The number of nitriles is 1. The Kier molecular flexibility index (Phi) is 7.59. The molecule has 4 rings (SSSR count). The number of aryl methyl sites for hydroxylation is 1. The van der Waals surface area contributed by atoms with E-state index >= 15 is 0 Å². The SMILES string of the molecule is CCn1c(SCC(=O)Nc2sc3c(c2C#N)CCC(C)C3)nnc1C(C)Oc1ccc(C)cc1. The van der Waals surface area contributed by atoms with Gasteiger partial charge in [-0.05, 0) is 63.6 Å². The van der Waals surface area contributed by atoms with E-state index in [1.807, 2.05) is 49.6 Å². The molecule has 1 N–H and O–H groups in total. The summed E-state index contributed by atoms with van der Waals surface area (Å²) in [5.41, 5.74) is 2.92. The Balaban J connectivity index is 1.40. The van der Waals surface area contributed by atoms with Gasteiger partial charge in [0.05, 0.1) is 11.3 Å². The fourth-order valence-corrected chi connectivity index (χ4v) is 6.32. The summed E-state index contributed by atoms with van der Waals surface area (Å²) in [6, 6.07) is 10.2. The average molecular weight is 496 g/mol. The highest BCUT2D eigenvalue weighted by molar-refractivity contribution is 7.99. The number of benzene rings is 1. The van der Waals surface area contributed by atoms with Crippen molar-refractivity contribution >= 4 is 34.0 Å². The van der Waals surface area contributed by atoms with Gasteiger partial charge in [-0.2, -0.15) is 5.26 Å². The Morgan fingerprint density at radius 2 is 2.15 bits per heavy atom. The summed E-state index contributed by atoms with van der Waals surface area (Å²) in [5, 5.41) is 22.6. The van der Waals surface area contributed by atoms with E-state index in [1.165, 1.54) is 22.2 Å². The minimum atomic E-state index is -0.281. The molecule has 7 nitrogen and oxygen atoms in total. The lowest BCUT2D eigenvalue weighted by Gasteiger charge is -2.17. The summed E-state index contributed by atoms with van der Waals surface area (Å²) in [5.74, 6) is 2.15. The van der Waals surface area contributed by atoms with E-state index in [1.54, 1.807) is 11.3 Å². The summed E-state index contributed by atoms with van der Waals surface area (Å²) in [6.07, 6.45) is 2.69. The smallest absolute Gasteiger partial charge is 0.235 e. The molecule has 34 heavy (non-hydrogen) atoms. The predicted octanol–water partition coefficient (Wildman–Crippen LogP) is 5.54. The van der Waals surface area contributed by atoms with Gasteiger partial charge in [0.2, 0.25) is 5.91 Å². The van der Waals surface area contributed by atoms with E-state index in [9.17, 15) is 10.1 Å². The summed E-state index contributed by atoms with van der Waals surface area (Å²) in [7, 11) is 0. The maximum atomic E-state index is 12.7. The van der Waals surface area contributed by atoms with Crippen LogP contribution < -0.4 is 10.1 Å². The van der Waals surface area contributed by atoms with Crippen LogP contribution in [0.2, 0.25) is 0 Å². The van der Waals surface area contributed by atoms with Crippen LogP contribution in [0.5, 0.6) is 5.75 Å². The number of hydrogen-bond donors (Lipinski definition) is 1. The highest BCUT2D eigenvalue weighted by atomic mass is 32.2. The molecule has 0 aliphatic heterocycles. The predicted molar refractivity (Wildman–Crippen MR) is 135 cm³/mol. The van der Waals surface area contributed by atoms with Gasteiger partial charge < -0.3 is 14.6 Å². The molecule has 0 spiro atoms. The maximum absolute atomic E-state index is 12.7. The zero-order valence-electron chi connectivity index (χ0n) is 19.9. The minimum absolute atomic E-state index is 0.149. The van der Waals surface area contributed by atoms with Crippen molar-refractivity contribution < 1.29 is 9.53 Å². The van der Waals surface area contributed by atoms with Gasteiger partial charge in [0.25, 0.3) is 0 Å². The third-order valence-electron chi connectivity index (χ3n) is 5.97. The van der Waals surface area contributed by atoms with E-state index in [0.29, 0.717) is 28.2 Å². The quantitative estimate of drug-likeness (QED) is 0.413. The molecule has 2 heterocycles. The van der Waals surface area contributed by atoms with E-state index in [0.717, 1.165) is 36.4 Å².